The Balaban J connectivity index is 1.90. The second-order valence-electron chi connectivity index (χ2n) is 5.04. The lowest BCUT2D eigenvalue weighted by atomic mass is 10.1. The van der Waals surface area contributed by atoms with E-state index in [1.165, 1.54) is 19.2 Å². The van der Waals surface area contributed by atoms with Crippen molar-refractivity contribution in [2.75, 3.05) is 7.11 Å². The zero-order chi connectivity index (χ0) is 17.1. The van der Waals surface area contributed by atoms with Crippen LogP contribution in [0.4, 0.5) is 4.39 Å². The SMILES string of the molecule is COC(=O)c1cc(C=Cc2c(-c3ccc(F)cc3)noc2C)[nH]n1. The molecular weight excluding hydrogens is 313 g/mol. The van der Waals surface area contributed by atoms with Gasteiger partial charge in [-0.05, 0) is 49.4 Å². The summed E-state index contributed by atoms with van der Waals surface area (Å²) < 4.78 is 22.9. The maximum Gasteiger partial charge on any atom is 0.358 e. The van der Waals surface area contributed by atoms with Crippen LogP contribution in [0.2, 0.25) is 0 Å². The van der Waals surface area contributed by atoms with Gasteiger partial charge in [-0.25, -0.2) is 9.18 Å². The number of ether oxygens (including phenoxy) is 1. The van der Waals surface area contributed by atoms with Gasteiger partial charge in [0, 0.05) is 11.1 Å². The molecule has 2 heterocycles. The molecule has 3 rings (SSSR count). The minimum Gasteiger partial charge on any atom is -0.464 e. The van der Waals surface area contributed by atoms with Crippen LogP contribution in [0.1, 0.15) is 27.5 Å². The number of rotatable bonds is 4. The third kappa shape index (κ3) is 3.10. The van der Waals surface area contributed by atoms with Gasteiger partial charge in [0.1, 0.15) is 17.3 Å². The number of carbonyl (C=O) groups is 1. The van der Waals surface area contributed by atoms with Gasteiger partial charge < -0.3 is 9.26 Å². The summed E-state index contributed by atoms with van der Waals surface area (Å²) in [6, 6.07) is 7.57. The van der Waals surface area contributed by atoms with Crippen molar-refractivity contribution < 1.29 is 18.4 Å². The Morgan fingerprint density at radius 3 is 2.75 bits per heavy atom. The van der Waals surface area contributed by atoms with Gasteiger partial charge in [0.25, 0.3) is 0 Å². The topological polar surface area (TPSA) is 81.0 Å². The molecule has 0 spiro atoms. The Morgan fingerprint density at radius 1 is 1.29 bits per heavy atom. The Morgan fingerprint density at radius 2 is 2.04 bits per heavy atom. The van der Waals surface area contributed by atoms with Gasteiger partial charge in [0.05, 0.1) is 12.8 Å². The molecule has 0 aliphatic carbocycles. The van der Waals surface area contributed by atoms with Crippen LogP contribution in [0.15, 0.2) is 34.9 Å². The first-order valence-electron chi connectivity index (χ1n) is 7.12. The van der Waals surface area contributed by atoms with Gasteiger partial charge in [-0.2, -0.15) is 5.10 Å². The molecule has 0 unspecified atom stereocenters. The molecule has 6 nitrogen and oxygen atoms in total. The third-order valence-electron chi connectivity index (χ3n) is 3.45. The van der Waals surface area contributed by atoms with Gasteiger partial charge in [0.2, 0.25) is 0 Å². The van der Waals surface area contributed by atoms with Crippen molar-refractivity contribution in [3.63, 3.8) is 0 Å². The predicted molar refractivity (Wildman–Crippen MR) is 85.5 cm³/mol. The molecule has 0 atom stereocenters. The normalized spacial score (nSPS) is 11.1. The number of aryl methyl sites for hydroxylation is 1. The summed E-state index contributed by atoms with van der Waals surface area (Å²) in [4.78, 5) is 11.4. The highest BCUT2D eigenvalue weighted by molar-refractivity contribution is 5.88. The summed E-state index contributed by atoms with van der Waals surface area (Å²) in [5, 5.41) is 10.6. The van der Waals surface area contributed by atoms with Crippen LogP contribution in [0.5, 0.6) is 0 Å². The van der Waals surface area contributed by atoms with Crippen LogP contribution in [0.25, 0.3) is 23.4 Å². The van der Waals surface area contributed by atoms with E-state index < -0.39 is 5.97 Å². The maximum absolute atomic E-state index is 13.1. The summed E-state index contributed by atoms with van der Waals surface area (Å²) in [5.74, 6) is -0.207. The number of halogens is 1. The van der Waals surface area contributed by atoms with E-state index >= 15 is 0 Å². The monoisotopic (exact) mass is 327 g/mol. The Hall–Kier alpha value is -3.22. The molecule has 0 bridgehead atoms. The molecule has 0 aliphatic rings. The van der Waals surface area contributed by atoms with E-state index in [-0.39, 0.29) is 11.5 Å². The molecule has 7 heteroatoms. The number of nitrogens with one attached hydrogen (secondary N) is 1. The summed E-state index contributed by atoms with van der Waals surface area (Å²) in [6.07, 6.45) is 3.53. The zero-order valence-electron chi connectivity index (χ0n) is 13.0. The standard InChI is InChI=1S/C17H14FN3O3/c1-10-14(8-7-13-9-15(20-19-13)17(22)23-2)16(21-24-10)11-3-5-12(18)6-4-11/h3-9H,1-2H3,(H,19,20). The molecule has 0 saturated carbocycles. The second-order valence-corrected chi connectivity index (χ2v) is 5.04. The lowest BCUT2D eigenvalue weighted by Gasteiger charge is -1.98. The molecule has 122 valence electrons. The van der Waals surface area contributed by atoms with Crippen molar-refractivity contribution in [2.24, 2.45) is 0 Å². The Labute approximate surface area is 136 Å². The third-order valence-corrected chi connectivity index (χ3v) is 3.45. The summed E-state index contributed by atoms with van der Waals surface area (Å²) in [7, 11) is 1.29. The van der Waals surface area contributed by atoms with E-state index in [2.05, 4.69) is 20.1 Å². The van der Waals surface area contributed by atoms with Crippen LogP contribution in [0.3, 0.4) is 0 Å². The first-order valence-corrected chi connectivity index (χ1v) is 7.12. The number of nitrogens with zero attached hydrogens (tertiary/aromatic N) is 2. The minimum atomic E-state index is -0.515. The quantitative estimate of drug-likeness (QED) is 0.742. The number of H-pyrrole nitrogens is 1. The minimum absolute atomic E-state index is 0.193. The Bertz CT molecular complexity index is 894. The average Bonchev–Trinajstić information content (AvgIpc) is 3.20. The highest BCUT2D eigenvalue weighted by Crippen LogP contribution is 2.27. The summed E-state index contributed by atoms with van der Waals surface area (Å²) in [6.45, 7) is 1.78. The molecule has 2 aromatic heterocycles. The highest BCUT2D eigenvalue weighted by atomic mass is 19.1. The van der Waals surface area contributed by atoms with E-state index in [1.807, 2.05) is 0 Å². The molecule has 3 aromatic rings. The first-order chi connectivity index (χ1) is 11.6. The number of methoxy groups -OCH3 is 1. The Kier molecular flexibility index (Phi) is 4.24. The van der Waals surface area contributed by atoms with Gasteiger partial charge in [-0.15, -0.1) is 0 Å². The van der Waals surface area contributed by atoms with Gasteiger partial charge in [-0.3, -0.25) is 5.10 Å². The number of esters is 1. The number of hydrogen-bond acceptors (Lipinski definition) is 5. The smallest absolute Gasteiger partial charge is 0.358 e. The highest BCUT2D eigenvalue weighted by Gasteiger charge is 2.13. The lowest BCUT2D eigenvalue weighted by Crippen LogP contribution is -2.00. The molecule has 0 saturated heterocycles. The fourth-order valence-electron chi connectivity index (χ4n) is 2.20. The summed E-state index contributed by atoms with van der Waals surface area (Å²) in [5.41, 5.74) is 2.93. The lowest BCUT2D eigenvalue weighted by molar-refractivity contribution is 0.0594. The van der Waals surface area contributed by atoms with E-state index in [9.17, 15) is 9.18 Å². The van der Waals surface area contributed by atoms with Crippen LogP contribution in [0, 0.1) is 12.7 Å². The number of carbonyl (C=O) groups excluding carboxylic acids is 1. The number of benzene rings is 1. The van der Waals surface area contributed by atoms with Crippen molar-refractivity contribution in [3.05, 3.63) is 58.9 Å². The number of aromatic amines is 1. The molecule has 0 aliphatic heterocycles. The molecule has 24 heavy (non-hydrogen) atoms. The molecule has 1 N–H and O–H groups in total. The van der Waals surface area contributed by atoms with Crippen molar-refractivity contribution >= 4 is 18.1 Å². The van der Waals surface area contributed by atoms with Gasteiger partial charge in [0.15, 0.2) is 5.69 Å². The van der Waals surface area contributed by atoms with Crippen molar-refractivity contribution in [2.45, 2.75) is 6.92 Å². The first kappa shape index (κ1) is 15.7. The van der Waals surface area contributed by atoms with Crippen molar-refractivity contribution in [1.29, 1.82) is 0 Å². The molecule has 0 radical (unpaired) electrons. The average molecular weight is 327 g/mol. The summed E-state index contributed by atoms with van der Waals surface area (Å²) >= 11 is 0. The van der Waals surface area contributed by atoms with Crippen LogP contribution < -0.4 is 0 Å². The van der Waals surface area contributed by atoms with E-state index in [1.54, 1.807) is 37.3 Å². The molecule has 0 amide bonds. The maximum atomic E-state index is 13.1. The predicted octanol–water partition coefficient (Wildman–Crippen LogP) is 3.47. The molecule has 1 aromatic carbocycles. The van der Waals surface area contributed by atoms with E-state index in [0.29, 0.717) is 17.1 Å². The fourth-order valence-corrected chi connectivity index (χ4v) is 2.20. The fraction of sp³-hybridized carbons (Fsp3) is 0.118. The van der Waals surface area contributed by atoms with Crippen LogP contribution >= 0.6 is 0 Å². The van der Waals surface area contributed by atoms with Crippen LogP contribution in [-0.4, -0.2) is 28.4 Å². The van der Waals surface area contributed by atoms with E-state index in [0.717, 1.165) is 11.1 Å². The molecular formula is C17H14FN3O3. The van der Waals surface area contributed by atoms with Gasteiger partial charge in [-0.1, -0.05) is 5.16 Å². The van der Waals surface area contributed by atoms with E-state index in [4.69, 9.17) is 4.52 Å². The van der Waals surface area contributed by atoms with Crippen molar-refractivity contribution in [3.8, 4) is 11.3 Å². The zero-order valence-corrected chi connectivity index (χ0v) is 13.0. The van der Waals surface area contributed by atoms with Crippen LogP contribution in [-0.2, 0) is 4.74 Å². The second kappa shape index (κ2) is 6.49. The number of hydrogen-bond donors (Lipinski definition) is 1. The van der Waals surface area contributed by atoms with Gasteiger partial charge >= 0.3 is 5.97 Å². The largest absolute Gasteiger partial charge is 0.464 e. The van der Waals surface area contributed by atoms with Crippen molar-refractivity contribution in [1.82, 2.24) is 15.4 Å². The molecule has 0 fully saturated rings. The number of aromatic nitrogens is 3.